The summed E-state index contributed by atoms with van der Waals surface area (Å²) < 4.78 is 0. The summed E-state index contributed by atoms with van der Waals surface area (Å²) in [4.78, 5) is 0. The molecular weight excluding hydrogens is 444 g/mol. The highest BCUT2D eigenvalue weighted by molar-refractivity contribution is 5.53. The van der Waals surface area contributed by atoms with Crippen LogP contribution in [0.2, 0.25) is 0 Å². The molecule has 0 aliphatic heterocycles. The van der Waals surface area contributed by atoms with Gasteiger partial charge in [-0.15, -0.1) is 0 Å². The van der Waals surface area contributed by atoms with Crippen LogP contribution in [0.1, 0.15) is 123 Å². The highest BCUT2D eigenvalue weighted by atomic mass is 14.2. The molecule has 0 radical (unpaired) electrons. The first-order valence-corrected chi connectivity index (χ1v) is 14.6. The van der Waals surface area contributed by atoms with Gasteiger partial charge in [-0.2, -0.15) is 0 Å². The van der Waals surface area contributed by atoms with Gasteiger partial charge in [0, 0.05) is 22.3 Å². The van der Waals surface area contributed by atoms with Crippen LogP contribution in [-0.2, 0) is 12.8 Å². The molecule has 0 heterocycles. The van der Waals surface area contributed by atoms with Gasteiger partial charge in [-0.1, -0.05) is 107 Å². The zero-order chi connectivity index (χ0) is 25.7. The van der Waals surface area contributed by atoms with E-state index in [0.717, 1.165) is 23.1 Å². The van der Waals surface area contributed by atoms with Gasteiger partial charge in [0.1, 0.15) is 0 Å². The first kappa shape index (κ1) is 26.8. The SMILES string of the molecule is CCCCCCc1ccc(C#Cc2ccc(C#Cc3ccc(CCC)cc3)cc2C2CCCCC2)cc1. The van der Waals surface area contributed by atoms with E-state index in [9.17, 15) is 0 Å². The first-order chi connectivity index (χ1) is 18.2. The topological polar surface area (TPSA) is 0 Å². The molecule has 190 valence electrons. The van der Waals surface area contributed by atoms with Crippen LogP contribution in [0.4, 0.5) is 0 Å². The maximum Gasteiger partial charge on any atom is 0.0284 e. The summed E-state index contributed by atoms with van der Waals surface area (Å²) in [7, 11) is 0. The van der Waals surface area contributed by atoms with E-state index in [1.54, 1.807) is 0 Å². The largest absolute Gasteiger partial charge is 0.0654 e. The fourth-order valence-electron chi connectivity index (χ4n) is 5.34. The lowest BCUT2D eigenvalue weighted by Gasteiger charge is -2.23. The minimum Gasteiger partial charge on any atom is -0.0654 e. The Labute approximate surface area is 225 Å². The van der Waals surface area contributed by atoms with E-state index in [0.29, 0.717) is 5.92 Å². The predicted octanol–water partition coefficient (Wildman–Crippen LogP) is 9.61. The number of hydrogen-bond donors (Lipinski definition) is 0. The zero-order valence-electron chi connectivity index (χ0n) is 22.9. The molecule has 3 aromatic carbocycles. The zero-order valence-corrected chi connectivity index (χ0v) is 22.9. The summed E-state index contributed by atoms with van der Waals surface area (Å²) in [5.41, 5.74) is 8.65. The van der Waals surface area contributed by atoms with Crippen LogP contribution in [-0.4, -0.2) is 0 Å². The van der Waals surface area contributed by atoms with Crippen molar-refractivity contribution in [3.63, 3.8) is 0 Å². The fraction of sp³-hybridized carbons (Fsp3) is 0.405. The van der Waals surface area contributed by atoms with Gasteiger partial charge < -0.3 is 0 Å². The van der Waals surface area contributed by atoms with E-state index in [2.05, 4.69) is 104 Å². The van der Waals surface area contributed by atoms with Gasteiger partial charge >= 0.3 is 0 Å². The predicted molar refractivity (Wildman–Crippen MR) is 159 cm³/mol. The third-order valence-corrected chi connectivity index (χ3v) is 7.55. The Hall–Kier alpha value is -3.22. The molecule has 37 heavy (non-hydrogen) atoms. The van der Waals surface area contributed by atoms with E-state index in [1.165, 1.54) is 92.9 Å². The van der Waals surface area contributed by atoms with E-state index < -0.39 is 0 Å². The van der Waals surface area contributed by atoms with E-state index in [-0.39, 0.29) is 0 Å². The molecule has 0 atom stereocenters. The van der Waals surface area contributed by atoms with Gasteiger partial charge in [0.15, 0.2) is 0 Å². The highest BCUT2D eigenvalue weighted by Gasteiger charge is 2.18. The minimum absolute atomic E-state index is 0.596. The third-order valence-electron chi connectivity index (χ3n) is 7.55. The maximum atomic E-state index is 3.53. The summed E-state index contributed by atoms with van der Waals surface area (Å²) in [5.74, 6) is 14.4. The quantitative estimate of drug-likeness (QED) is 0.220. The molecule has 0 saturated heterocycles. The second-order valence-corrected chi connectivity index (χ2v) is 10.6. The molecule has 0 nitrogen and oxygen atoms in total. The molecular formula is C37H42. The number of unbranched alkanes of at least 4 members (excludes halogenated alkanes) is 3. The van der Waals surface area contributed by atoms with Gasteiger partial charge in [0.05, 0.1) is 0 Å². The van der Waals surface area contributed by atoms with E-state index >= 15 is 0 Å². The summed E-state index contributed by atoms with van der Waals surface area (Å²) in [6, 6.07) is 24.3. The Bertz CT molecular complexity index is 1230. The van der Waals surface area contributed by atoms with Crippen LogP contribution in [0.5, 0.6) is 0 Å². The normalized spacial score (nSPS) is 13.4. The van der Waals surface area contributed by atoms with Crippen molar-refractivity contribution in [2.24, 2.45) is 0 Å². The van der Waals surface area contributed by atoms with Gasteiger partial charge in [-0.3, -0.25) is 0 Å². The molecule has 0 aromatic heterocycles. The monoisotopic (exact) mass is 486 g/mol. The minimum atomic E-state index is 0.596. The summed E-state index contributed by atoms with van der Waals surface area (Å²) >= 11 is 0. The van der Waals surface area contributed by atoms with Crippen molar-refractivity contribution in [2.45, 2.75) is 96.8 Å². The highest BCUT2D eigenvalue weighted by Crippen LogP contribution is 2.34. The second-order valence-electron chi connectivity index (χ2n) is 10.6. The Morgan fingerprint density at radius 1 is 0.568 bits per heavy atom. The van der Waals surface area contributed by atoms with Crippen molar-refractivity contribution in [2.75, 3.05) is 0 Å². The van der Waals surface area contributed by atoms with Crippen molar-refractivity contribution < 1.29 is 0 Å². The standard InChI is InChI=1S/C37H42/c1-3-5-6-8-12-31-17-21-33(22-18-31)25-27-36-28-26-34(29-37(36)35-13-9-7-10-14-35)24-23-32-19-15-30(11-4-2)16-20-32/h15-22,26,28-29,35H,3-14H2,1-2H3. The van der Waals surface area contributed by atoms with Crippen molar-refractivity contribution in [1.82, 2.24) is 0 Å². The first-order valence-electron chi connectivity index (χ1n) is 14.6. The van der Waals surface area contributed by atoms with Gasteiger partial charge in [-0.25, -0.2) is 0 Å². The lowest BCUT2D eigenvalue weighted by molar-refractivity contribution is 0.443. The molecule has 1 aliphatic carbocycles. The smallest absolute Gasteiger partial charge is 0.0284 e. The molecule has 0 unspecified atom stereocenters. The molecule has 0 amide bonds. The molecule has 0 spiro atoms. The molecule has 0 bridgehead atoms. The Balaban J connectivity index is 1.52. The average Bonchev–Trinajstić information content (AvgIpc) is 2.95. The van der Waals surface area contributed by atoms with Crippen LogP contribution in [0.15, 0.2) is 66.7 Å². The lowest BCUT2D eigenvalue weighted by atomic mass is 9.81. The Kier molecular flexibility index (Phi) is 10.5. The fourth-order valence-corrected chi connectivity index (χ4v) is 5.34. The third kappa shape index (κ3) is 8.41. The molecule has 1 fully saturated rings. The van der Waals surface area contributed by atoms with Crippen molar-refractivity contribution in [3.05, 3.63) is 106 Å². The number of hydrogen-bond acceptors (Lipinski definition) is 0. The van der Waals surface area contributed by atoms with Crippen molar-refractivity contribution in [3.8, 4) is 23.7 Å². The molecule has 0 heteroatoms. The lowest BCUT2D eigenvalue weighted by Crippen LogP contribution is -2.06. The number of rotatable bonds is 8. The van der Waals surface area contributed by atoms with Crippen LogP contribution in [0.3, 0.4) is 0 Å². The molecule has 1 aliphatic rings. The average molecular weight is 487 g/mol. The van der Waals surface area contributed by atoms with Gasteiger partial charge in [0.2, 0.25) is 0 Å². The van der Waals surface area contributed by atoms with Gasteiger partial charge in [0.25, 0.3) is 0 Å². The second kappa shape index (κ2) is 14.5. The van der Waals surface area contributed by atoms with Crippen molar-refractivity contribution >= 4 is 0 Å². The number of aryl methyl sites for hydroxylation is 2. The summed E-state index contributed by atoms with van der Waals surface area (Å²) in [6.45, 7) is 4.49. The molecule has 4 rings (SSSR count). The molecule has 3 aromatic rings. The Morgan fingerprint density at radius 3 is 1.81 bits per heavy atom. The van der Waals surface area contributed by atoms with E-state index in [1.807, 2.05) is 0 Å². The van der Waals surface area contributed by atoms with Crippen molar-refractivity contribution in [1.29, 1.82) is 0 Å². The Morgan fingerprint density at radius 2 is 1.16 bits per heavy atom. The van der Waals surface area contributed by atoms with E-state index in [4.69, 9.17) is 0 Å². The van der Waals surface area contributed by atoms with Crippen LogP contribution in [0, 0.1) is 23.7 Å². The van der Waals surface area contributed by atoms with Crippen LogP contribution < -0.4 is 0 Å². The molecule has 0 N–H and O–H groups in total. The van der Waals surface area contributed by atoms with Gasteiger partial charge in [-0.05, 0) is 97.2 Å². The number of benzene rings is 3. The van der Waals surface area contributed by atoms with Crippen LogP contribution in [0.25, 0.3) is 0 Å². The molecule has 1 saturated carbocycles. The van der Waals surface area contributed by atoms with Crippen LogP contribution >= 0.6 is 0 Å². The maximum absolute atomic E-state index is 3.53. The summed E-state index contributed by atoms with van der Waals surface area (Å²) in [5, 5.41) is 0. The summed E-state index contributed by atoms with van der Waals surface area (Å²) in [6.07, 6.45) is 15.2.